The molecule has 1 atom stereocenters. The summed E-state index contributed by atoms with van der Waals surface area (Å²) in [6.07, 6.45) is 4.20. The normalized spacial score (nSPS) is 17.9. The number of para-hydroxylation sites is 1. The van der Waals surface area contributed by atoms with Crippen LogP contribution >= 0.6 is 11.3 Å². The van der Waals surface area contributed by atoms with E-state index in [1.165, 1.54) is 23.3 Å². The van der Waals surface area contributed by atoms with Crippen molar-refractivity contribution >= 4 is 22.2 Å². The van der Waals surface area contributed by atoms with E-state index in [1.807, 2.05) is 54.6 Å². The van der Waals surface area contributed by atoms with Gasteiger partial charge in [-0.15, -0.1) is 11.3 Å². The summed E-state index contributed by atoms with van der Waals surface area (Å²) in [5, 5.41) is 7.68. The number of ether oxygens (including phenoxy) is 1. The third-order valence-electron chi connectivity index (χ3n) is 5.42. The number of thiophene rings is 1. The molecule has 1 unspecified atom stereocenters. The van der Waals surface area contributed by atoms with E-state index in [1.54, 1.807) is 11.3 Å². The number of fused-ring (bicyclic) bond motifs is 3. The van der Waals surface area contributed by atoms with Gasteiger partial charge in [-0.25, -0.2) is 0 Å². The fourth-order valence-corrected chi connectivity index (χ4v) is 5.33. The molecule has 0 saturated carbocycles. The molecule has 0 saturated heterocycles. The van der Waals surface area contributed by atoms with E-state index in [-0.39, 0.29) is 12.1 Å². The van der Waals surface area contributed by atoms with Crippen LogP contribution in [-0.4, -0.2) is 5.91 Å². The Kier molecular flexibility index (Phi) is 4.53. The van der Waals surface area contributed by atoms with Crippen LogP contribution in [0.5, 0.6) is 5.75 Å². The minimum absolute atomic E-state index is 0.0241. The van der Waals surface area contributed by atoms with Gasteiger partial charge in [-0.3, -0.25) is 4.79 Å². The molecule has 0 fully saturated rings. The quantitative estimate of drug-likeness (QED) is 0.655. The van der Waals surface area contributed by atoms with E-state index in [4.69, 9.17) is 4.74 Å². The minimum atomic E-state index is -0.285. The summed E-state index contributed by atoms with van der Waals surface area (Å²) in [5.74, 6) is 0.810. The standard InChI is InChI=1S/C23H22N2O2S/c26-22-20-17-11-5-7-13-19(17)28-23(20)25-21(24-22)16-10-4-6-12-18(16)27-14-15-8-2-1-3-9-15/h1-4,6,8-10,12,21,25H,5,7,11,13-14H2,(H,24,26). The molecule has 0 radical (unpaired) electrons. The van der Waals surface area contributed by atoms with Crippen molar-refractivity contribution in [3.8, 4) is 5.75 Å². The lowest BCUT2D eigenvalue weighted by Gasteiger charge is -2.28. The van der Waals surface area contributed by atoms with E-state index in [9.17, 15) is 4.79 Å². The number of hydrogen-bond donors (Lipinski definition) is 2. The SMILES string of the molecule is O=C1NC(c2ccccc2OCc2ccccc2)Nc2sc3c(c21)CCCC3. The summed E-state index contributed by atoms with van der Waals surface area (Å²) >= 11 is 1.74. The Morgan fingerprint density at radius 3 is 2.64 bits per heavy atom. The maximum atomic E-state index is 12.9. The smallest absolute Gasteiger partial charge is 0.256 e. The second-order valence-electron chi connectivity index (χ2n) is 7.28. The molecule has 0 bridgehead atoms. The van der Waals surface area contributed by atoms with Crippen molar-refractivity contribution < 1.29 is 9.53 Å². The molecule has 2 heterocycles. The van der Waals surface area contributed by atoms with Crippen LogP contribution in [0, 0.1) is 0 Å². The molecule has 5 heteroatoms. The zero-order chi connectivity index (χ0) is 18.9. The first kappa shape index (κ1) is 17.3. The van der Waals surface area contributed by atoms with Crippen molar-refractivity contribution in [2.24, 2.45) is 0 Å². The molecular weight excluding hydrogens is 368 g/mol. The Morgan fingerprint density at radius 1 is 0.964 bits per heavy atom. The van der Waals surface area contributed by atoms with Crippen LogP contribution in [-0.2, 0) is 19.4 Å². The number of anilines is 1. The molecule has 0 spiro atoms. The van der Waals surface area contributed by atoms with Crippen LogP contribution in [0.1, 0.15) is 50.9 Å². The highest BCUT2D eigenvalue weighted by molar-refractivity contribution is 7.16. The highest BCUT2D eigenvalue weighted by Gasteiger charge is 2.32. The summed E-state index contributed by atoms with van der Waals surface area (Å²) in [6, 6.07) is 18.0. The first-order chi connectivity index (χ1) is 13.8. The number of nitrogens with one attached hydrogen (secondary N) is 2. The number of benzene rings is 2. The maximum absolute atomic E-state index is 12.9. The van der Waals surface area contributed by atoms with E-state index < -0.39 is 0 Å². The largest absolute Gasteiger partial charge is 0.488 e. The number of amides is 1. The van der Waals surface area contributed by atoms with E-state index in [0.29, 0.717) is 6.61 Å². The lowest BCUT2D eigenvalue weighted by atomic mass is 9.94. The number of carbonyl (C=O) groups is 1. The second kappa shape index (κ2) is 7.32. The average molecular weight is 391 g/mol. The number of aryl methyl sites for hydroxylation is 1. The van der Waals surface area contributed by atoms with Gasteiger partial charge in [0.15, 0.2) is 0 Å². The summed E-state index contributed by atoms with van der Waals surface area (Å²) < 4.78 is 6.09. The Labute approximate surface area is 168 Å². The Bertz CT molecular complexity index is 1010. The molecular formula is C23H22N2O2S. The molecule has 142 valence electrons. The predicted molar refractivity (Wildman–Crippen MR) is 112 cm³/mol. The van der Waals surface area contributed by atoms with Crippen molar-refractivity contribution in [1.29, 1.82) is 0 Å². The molecule has 2 aromatic carbocycles. The van der Waals surface area contributed by atoms with Gasteiger partial charge < -0.3 is 15.4 Å². The molecule has 3 aromatic rings. The average Bonchev–Trinajstić information content (AvgIpc) is 3.12. The van der Waals surface area contributed by atoms with Crippen molar-refractivity contribution in [3.63, 3.8) is 0 Å². The number of hydrogen-bond acceptors (Lipinski definition) is 4. The van der Waals surface area contributed by atoms with Gasteiger partial charge in [-0.2, -0.15) is 0 Å². The number of carbonyl (C=O) groups excluding carboxylic acids is 1. The second-order valence-corrected chi connectivity index (χ2v) is 8.38. The van der Waals surface area contributed by atoms with Gasteiger partial charge >= 0.3 is 0 Å². The van der Waals surface area contributed by atoms with Gasteiger partial charge in [0.2, 0.25) is 0 Å². The molecule has 1 aromatic heterocycles. The van der Waals surface area contributed by atoms with Crippen molar-refractivity contribution in [2.75, 3.05) is 5.32 Å². The predicted octanol–water partition coefficient (Wildman–Crippen LogP) is 5.06. The van der Waals surface area contributed by atoms with Crippen molar-refractivity contribution in [3.05, 3.63) is 81.7 Å². The van der Waals surface area contributed by atoms with Crippen molar-refractivity contribution in [2.45, 2.75) is 38.5 Å². The zero-order valence-electron chi connectivity index (χ0n) is 15.5. The van der Waals surface area contributed by atoms with Crippen LogP contribution in [0.4, 0.5) is 5.00 Å². The third-order valence-corrected chi connectivity index (χ3v) is 6.64. The van der Waals surface area contributed by atoms with E-state index >= 15 is 0 Å². The first-order valence-corrected chi connectivity index (χ1v) is 10.6. The zero-order valence-corrected chi connectivity index (χ0v) is 16.4. The minimum Gasteiger partial charge on any atom is -0.488 e. The highest BCUT2D eigenvalue weighted by atomic mass is 32.1. The van der Waals surface area contributed by atoms with Crippen LogP contribution in [0.2, 0.25) is 0 Å². The van der Waals surface area contributed by atoms with Crippen LogP contribution in [0.15, 0.2) is 54.6 Å². The molecule has 2 aliphatic rings. The molecule has 2 N–H and O–H groups in total. The monoisotopic (exact) mass is 390 g/mol. The van der Waals surface area contributed by atoms with Gasteiger partial charge in [0, 0.05) is 10.4 Å². The van der Waals surface area contributed by atoms with Crippen LogP contribution in [0.3, 0.4) is 0 Å². The fraction of sp³-hybridized carbons (Fsp3) is 0.261. The Balaban J connectivity index is 1.41. The highest BCUT2D eigenvalue weighted by Crippen LogP contribution is 2.42. The van der Waals surface area contributed by atoms with Gasteiger partial charge in [0.1, 0.15) is 23.5 Å². The Morgan fingerprint density at radius 2 is 1.75 bits per heavy atom. The fourth-order valence-electron chi connectivity index (χ4n) is 4.02. The summed E-state index contributed by atoms with van der Waals surface area (Å²) in [4.78, 5) is 14.3. The molecule has 28 heavy (non-hydrogen) atoms. The van der Waals surface area contributed by atoms with Crippen molar-refractivity contribution in [1.82, 2.24) is 5.32 Å². The molecule has 1 amide bonds. The summed E-state index contributed by atoms with van der Waals surface area (Å²) in [7, 11) is 0. The van der Waals surface area contributed by atoms with Gasteiger partial charge in [-0.1, -0.05) is 48.5 Å². The van der Waals surface area contributed by atoms with Gasteiger partial charge in [0.05, 0.1) is 5.56 Å². The van der Waals surface area contributed by atoms with Gasteiger partial charge in [-0.05, 0) is 42.9 Å². The van der Waals surface area contributed by atoms with E-state index in [0.717, 1.165) is 40.3 Å². The van der Waals surface area contributed by atoms with Gasteiger partial charge in [0.25, 0.3) is 5.91 Å². The third kappa shape index (κ3) is 3.16. The first-order valence-electron chi connectivity index (χ1n) is 9.77. The molecule has 5 rings (SSSR count). The summed E-state index contributed by atoms with van der Waals surface area (Å²) in [6.45, 7) is 0.497. The van der Waals surface area contributed by atoms with E-state index in [2.05, 4.69) is 10.6 Å². The lowest BCUT2D eigenvalue weighted by molar-refractivity contribution is 0.0934. The molecule has 1 aliphatic heterocycles. The number of rotatable bonds is 4. The topological polar surface area (TPSA) is 50.4 Å². The molecule has 4 nitrogen and oxygen atoms in total. The van der Waals surface area contributed by atoms with Crippen LogP contribution < -0.4 is 15.4 Å². The molecule has 1 aliphatic carbocycles. The lowest BCUT2D eigenvalue weighted by Crippen LogP contribution is -2.38. The maximum Gasteiger partial charge on any atom is 0.256 e. The Hall–Kier alpha value is -2.79. The van der Waals surface area contributed by atoms with Crippen LogP contribution in [0.25, 0.3) is 0 Å². The summed E-state index contributed by atoms with van der Waals surface area (Å²) in [5.41, 5.74) is 4.18.